The minimum atomic E-state index is -0.649. The Hall–Kier alpha value is -2.90. The lowest BCUT2D eigenvalue weighted by Crippen LogP contribution is -2.42. The van der Waals surface area contributed by atoms with Crippen molar-refractivity contribution in [2.75, 3.05) is 31.6 Å². The number of likely N-dealkylation sites (tertiary alicyclic amines) is 1. The highest BCUT2D eigenvalue weighted by Gasteiger charge is 2.26. The maximum absolute atomic E-state index is 12.4. The molecule has 7 nitrogen and oxygen atoms in total. The number of rotatable bonds is 8. The van der Waals surface area contributed by atoms with E-state index in [-0.39, 0.29) is 30.0 Å². The first-order valence-corrected chi connectivity index (χ1v) is 10.2. The Labute approximate surface area is 176 Å². The molecule has 1 atom stereocenters. The third kappa shape index (κ3) is 6.05. The Kier molecular flexibility index (Phi) is 7.43. The van der Waals surface area contributed by atoms with E-state index in [9.17, 15) is 19.8 Å². The van der Waals surface area contributed by atoms with Crippen LogP contribution in [-0.2, 0) is 4.79 Å². The van der Waals surface area contributed by atoms with Crippen LogP contribution in [0.25, 0.3) is 0 Å². The molecule has 0 radical (unpaired) electrons. The highest BCUT2D eigenvalue weighted by atomic mass is 16.5. The Morgan fingerprint density at radius 2 is 1.80 bits per heavy atom. The van der Waals surface area contributed by atoms with Gasteiger partial charge >= 0.3 is 0 Å². The first-order valence-electron chi connectivity index (χ1n) is 10.2. The Bertz CT molecular complexity index is 860. The number of hydrogen-bond acceptors (Lipinski definition) is 6. The molecule has 1 saturated heterocycles. The number of amides is 1. The van der Waals surface area contributed by atoms with Gasteiger partial charge in [0.2, 0.25) is 5.91 Å². The van der Waals surface area contributed by atoms with E-state index in [0.29, 0.717) is 49.5 Å². The number of nitrogens with one attached hydrogen (secondary N) is 1. The van der Waals surface area contributed by atoms with Gasteiger partial charge in [0.05, 0.1) is 5.69 Å². The molecule has 0 bridgehead atoms. The molecule has 1 fully saturated rings. The molecule has 0 aliphatic carbocycles. The van der Waals surface area contributed by atoms with Crippen LogP contribution in [-0.4, -0.2) is 59.1 Å². The number of phenols is 1. The smallest absolute Gasteiger partial charge is 0.227 e. The summed E-state index contributed by atoms with van der Waals surface area (Å²) in [6.45, 7) is 3.57. The van der Waals surface area contributed by atoms with Crippen LogP contribution in [0.15, 0.2) is 48.5 Å². The standard InChI is InChI=1S/C23H28N2O5/c1-16(26)17-6-8-20(9-7-17)30-15-19(27)14-25-12-10-18(11-13-25)23(29)24-21-4-2-3-5-22(21)28/h2-9,18-19,27-28H,10-15H2,1H3,(H,24,29)/t19-/m0/s1. The number of ketones is 1. The van der Waals surface area contributed by atoms with Gasteiger partial charge in [-0.05, 0) is 69.3 Å². The molecule has 3 N–H and O–H groups in total. The van der Waals surface area contributed by atoms with E-state index in [1.165, 1.54) is 6.92 Å². The molecule has 1 amide bonds. The first-order chi connectivity index (χ1) is 14.4. The van der Waals surface area contributed by atoms with E-state index in [2.05, 4.69) is 10.2 Å². The van der Waals surface area contributed by atoms with Gasteiger partial charge in [-0.2, -0.15) is 0 Å². The van der Waals surface area contributed by atoms with Crippen molar-refractivity contribution in [2.24, 2.45) is 5.92 Å². The Balaban J connectivity index is 1.39. The Morgan fingerprint density at radius 1 is 1.13 bits per heavy atom. The average Bonchev–Trinajstić information content (AvgIpc) is 2.74. The van der Waals surface area contributed by atoms with Crippen LogP contribution in [0.2, 0.25) is 0 Å². The van der Waals surface area contributed by atoms with Crippen LogP contribution in [0, 0.1) is 5.92 Å². The van der Waals surface area contributed by atoms with Gasteiger partial charge < -0.3 is 25.2 Å². The summed E-state index contributed by atoms with van der Waals surface area (Å²) >= 11 is 0. The summed E-state index contributed by atoms with van der Waals surface area (Å²) in [5.41, 5.74) is 1.05. The fourth-order valence-corrected chi connectivity index (χ4v) is 3.52. The predicted molar refractivity (Wildman–Crippen MR) is 114 cm³/mol. The second-order valence-corrected chi connectivity index (χ2v) is 7.63. The summed E-state index contributed by atoms with van der Waals surface area (Å²) in [7, 11) is 0. The molecule has 2 aromatic carbocycles. The van der Waals surface area contributed by atoms with Crippen LogP contribution in [0.4, 0.5) is 5.69 Å². The molecule has 30 heavy (non-hydrogen) atoms. The van der Waals surface area contributed by atoms with Crippen molar-refractivity contribution in [1.29, 1.82) is 0 Å². The van der Waals surface area contributed by atoms with Gasteiger partial charge in [-0.25, -0.2) is 0 Å². The second kappa shape index (κ2) is 10.2. The van der Waals surface area contributed by atoms with Crippen molar-refractivity contribution in [1.82, 2.24) is 4.90 Å². The topological polar surface area (TPSA) is 99.1 Å². The molecule has 3 rings (SSSR count). The normalized spacial score (nSPS) is 16.1. The average molecular weight is 412 g/mol. The fraction of sp³-hybridized carbons (Fsp3) is 0.391. The summed E-state index contributed by atoms with van der Waals surface area (Å²) in [6.07, 6.45) is 0.739. The van der Waals surface area contributed by atoms with Gasteiger partial charge in [-0.3, -0.25) is 9.59 Å². The summed E-state index contributed by atoms with van der Waals surface area (Å²) in [6, 6.07) is 13.5. The van der Waals surface area contributed by atoms with E-state index < -0.39 is 6.10 Å². The van der Waals surface area contributed by atoms with E-state index in [1.807, 2.05) is 0 Å². The zero-order chi connectivity index (χ0) is 21.5. The number of piperidine rings is 1. The number of Topliss-reactive ketones (excluding diaryl/α,β-unsaturated/α-hetero) is 1. The molecule has 1 heterocycles. The molecule has 2 aromatic rings. The number of ether oxygens (including phenoxy) is 1. The van der Waals surface area contributed by atoms with E-state index in [4.69, 9.17) is 4.74 Å². The first kappa shape index (κ1) is 21.8. The number of carbonyl (C=O) groups excluding carboxylic acids is 2. The third-order valence-electron chi connectivity index (χ3n) is 5.29. The highest BCUT2D eigenvalue weighted by molar-refractivity contribution is 5.94. The lowest BCUT2D eigenvalue weighted by atomic mass is 9.95. The largest absolute Gasteiger partial charge is 0.506 e. The zero-order valence-electron chi connectivity index (χ0n) is 17.1. The SMILES string of the molecule is CC(=O)c1ccc(OC[C@@H](O)CN2CCC(C(=O)Nc3ccccc3O)CC2)cc1. The molecule has 0 spiro atoms. The molecule has 160 valence electrons. The van der Waals surface area contributed by atoms with Crippen LogP contribution >= 0.6 is 0 Å². The van der Waals surface area contributed by atoms with E-state index >= 15 is 0 Å². The maximum atomic E-state index is 12.4. The van der Waals surface area contributed by atoms with Crippen molar-refractivity contribution < 1.29 is 24.5 Å². The minimum Gasteiger partial charge on any atom is -0.506 e. The van der Waals surface area contributed by atoms with Gasteiger partial charge in [0.15, 0.2) is 5.78 Å². The van der Waals surface area contributed by atoms with Gasteiger partial charge in [0, 0.05) is 18.0 Å². The van der Waals surface area contributed by atoms with Crippen molar-refractivity contribution >= 4 is 17.4 Å². The third-order valence-corrected chi connectivity index (χ3v) is 5.29. The number of hydrogen-bond donors (Lipinski definition) is 3. The van der Waals surface area contributed by atoms with Crippen molar-refractivity contribution in [3.63, 3.8) is 0 Å². The van der Waals surface area contributed by atoms with Crippen LogP contribution < -0.4 is 10.1 Å². The Morgan fingerprint density at radius 3 is 2.43 bits per heavy atom. The van der Waals surface area contributed by atoms with Gasteiger partial charge in [0.25, 0.3) is 0 Å². The summed E-state index contributed by atoms with van der Waals surface area (Å²) in [5, 5.41) is 22.9. The predicted octanol–water partition coefficient (Wildman–Crippen LogP) is 2.69. The van der Waals surface area contributed by atoms with Crippen molar-refractivity contribution in [3.8, 4) is 11.5 Å². The molecule has 0 saturated carbocycles. The number of β-amino-alcohol motifs (C(OH)–C–C–N with tert-alkyl or cyclic N) is 1. The number of aromatic hydroxyl groups is 1. The molecule has 0 unspecified atom stereocenters. The van der Waals surface area contributed by atoms with E-state index in [1.54, 1.807) is 48.5 Å². The molecule has 1 aliphatic rings. The quantitative estimate of drug-likeness (QED) is 0.455. The van der Waals surface area contributed by atoms with Gasteiger partial charge in [-0.1, -0.05) is 12.1 Å². The van der Waals surface area contributed by atoms with Crippen LogP contribution in [0.1, 0.15) is 30.1 Å². The number of aliphatic hydroxyl groups is 1. The minimum absolute atomic E-state index is 0.000705. The number of carbonyl (C=O) groups is 2. The fourth-order valence-electron chi connectivity index (χ4n) is 3.52. The summed E-state index contributed by atoms with van der Waals surface area (Å²) in [5.74, 6) is 0.461. The summed E-state index contributed by atoms with van der Waals surface area (Å²) in [4.78, 5) is 25.9. The number of para-hydroxylation sites is 2. The van der Waals surface area contributed by atoms with Crippen molar-refractivity contribution in [2.45, 2.75) is 25.9 Å². The number of anilines is 1. The van der Waals surface area contributed by atoms with E-state index in [0.717, 1.165) is 0 Å². The zero-order valence-corrected chi connectivity index (χ0v) is 17.1. The lowest BCUT2D eigenvalue weighted by Gasteiger charge is -2.32. The summed E-state index contributed by atoms with van der Waals surface area (Å²) < 4.78 is 5.61. The molecular formula is C23H28N2O5. The van der Waals surface area contributed by atoms with Crippen molar-refractivity contribution in [3.05, 3.63) is 54.1 Å². The highest BCUT2D eigenvalue weighted by Crippen LogP contribution is 2.25. The number of aliphatic hydroxyl groups excluding tert-OH is 1. The van der Waals surface area contributed by atoms with Gasteiger partial charge in [-0.15, -0.1) is 0 Å². The van der Waals surface area contributed by atoms with Crippen LogP contribution in [0.5, 0.6) is 11.5 Å². The molecule has 0 aromatic heterocycles. The number of phenolic OH excluding ortho intramolecular Hbond substituents is 1. The molecular weight excluding hydrogens is 384 g/mol. The lowest BCUT2D eigenvalue weighted by molar-refractivity contribution is -0.121. The molecule has 1 aliphatic heterocycles. The monoisotopic (exact) mass is 412 g/mol. The number of benzene rings is 2. The molecule has 7 heteroatoms. The second-order valence-electron chi connectivity index (χ2n) is 7.63. The maximum Gasteiger partial charge on any atom is 0.227 e. The van der Waals surface area contributed by atoms with Crippen LogP contribution in [0.3, 0.4) is 0 Å². The van der Waals surface area contributed by atoms with Gasteiger partial charge in [0.1, 0.15) is 24.2 Å². The number of nitrogens with zero attached hydrogens (tertiary/aromatic N) is 1.